The Labute approximate surface area is 262 Å². The van der Waals surface area contributed by atoms with E-state index in [9.17, 15) is 0 Å². The minimum Gasteiger partial charge on any atom is -0.317 e. The Kier molecular flexibility index (Phi) is 17.9. The van der Waals surface area contributed by atoms with E-state index in [1.54, 1.807) is 0 Å². The van der Waals surface area contributed by atoms with Gasteiger partial charge >= 0.3 is 0 Å². The van der Waals surface area contributed by atoms with Crippen molar-refractivity contribution in [3.05, 3.63) is 83.4 Å². The van der Waals surface area contributed by atoms with Crippen LogP contribution in [-0.4, -0.2) is 65.4 Å². The molecular formula is C37H58N6. The minimum absolute atomic E-state index is 0.897. The molecule has 6 heteroatoms. The maximum Gasteiger partial charge on any atom is 0.0205 e. The van der Waals surface area contributed by atoms with Crippen LogP contribution < -0.4 is 31.9 Å². The summed E-state index contributed by atoms with van der Waals surface area (Å²) in [6.45, 7) is 19.0. The fourth-order valence-electron chi connectivity index (χ4n) is 5.26. The third-order valence-electron chi connectivity index (χ3n) is 7.58. The van der Waals surface area contributed by atoms with E-state index in [2.05, 4.69) is 119 Å². The zero-order valence-electron chi connectivity index (χ0n) is 27.2. The van der Waals surface area contributed by atoms with Crippen molar-refractivity contribution in [2.45, 2.75) is 59.5 Å². The molecule has 0 aliphatic rings. The third-order valence-corrected chi connectivity index (χ3v) is 7.58. The van der Waals surface area contributed by atoms with Crippen LogP contribution in [0.5, 0.6) is 0 Å². The van der Waals surface area contributed by atoms with E-state index in [0.29, 0.717) is 0 Å². The van der Waals surface area contributed by atoms with Gasteiger partial charge in [-0.2, -0.15) is 0 Å². The van der Waals surface area contributed by atoms with Gasteiger partial charge in [0.2, 0.25) is 0 Å². The zero-order chi connectivity index (χ0) is 30.4. The van der Waals surface area contributed by atoms with Crippen molar-refractivity contribution in [3.63, 3.8) is 0 Å². The standard InChI is InChI=1S/C37H58N6/c1-4-38-16-8-18-40-20-10-22-42-29-32-12-6-14-34(26-32)36-24-31(3)25-37(28-36)35-15-7-13-33(27-35)30-43-23-11-21-41-19-9-17-39-5-2/h6-7,12-15,24-28,38-43H,4-5,8-11,16-23,29-30H2,1-3H3. The molecule has 0 saturated heterocycles. The topological polar surface area (TPSA) is 72.2 Å². The van der Waals surface area contributed by atoms with Crippen molar-refractivity contribution in [2.75, 3.05) is 65.4 Å². The molecule has 0 aliphatic carbocycles. The summed E-state index contributed by atoms with van der Waals surface area (Å²) in [6.07, 6.45) is 4.66. The molecule has 3 aromatic rings. The van der Waals surface area contributed by atoms with Crippen LogP contribution in [0.3, 0.4) is 0 Å². The van der Waals surface area contributed by atoms with E-state index < -0.39 is 0 Å². The molecule has 0 aliphatic heterocycles. The van der Waals surface area contributed by atoms with Gasteiger partial charge < -0.3 is 31.9 Å². The lowest BCUT2D eigenvalue weighted by Gasteiger charge is -2.12. The first-order valence-electron chi connectivity index (χ1n) is 16.7. The highest BCUT2D eigenvalue weighted by Gasteiger charge is 2.06. The maximum absolute atomic E-state index is 3.62. The van der Waals surface area contributed by atoms with Crippen LogP contribution in [0.25, 0.3) is 22.3 Å². The summed E-state index contributed by atoms with van der Waals surface area (Å²) < 4.78 is 0. The van der Waals surface area contributed by atoms with Gasteiger partial charge in [-0.25, -0.2) is 0 Å². The van der Waals surface area contributed by atoms with Gasteiger partial charge in [0.1, 0.15) is 0 Å². The second kappa shape index (κ2) is 22.0. The molecule has 0 amide bonds. The van der Waals surface area contributed by atoms with Crippen molar-refractivity contribution < 1.29 is 0 Å². The molecule has 0 spiro atoms. The fourth-order valence-corrected chi connectivity index (χ4v) is 5.26. The smallest absolute Gasteiger partial charge is 0.0205 e. The number of hydrogen-bond donors (Lipinski definition) is 6. The number of aryl methyl sites for hydroxylation is 1. The summed E-state index contributed by atoms with van der Waals surface area (Å²) in [4.78, 5) is 0. The van der Waals surface area contributed by atoms with E-state index in [4.69, 9.17) is 0 Å². The average molecular weight is 587 g/mol. The Bertz CT molecular complexity index is 1060. The molecule has 43 heavy (non-hydrogen) atoms. The van der Waals surface area contributed by atoms with E-state index in [-0.39, 0.29) is 0 Å². The molecule has 0 saturated carbocycles. The van der Waals surface area contributed by atoms with Crippen molar-refractivity contribution in [3.8, 4) is 22.3 Å². The lowest BCUT2D eigenvalue weighted by Crippen LogP contribution is -2.25. The Balaban J connectivity index is 1.45. The fraction of sp³-hybridized carbons (Fsp3) is 0.514. The lowest BCUT2D eigenvalue weighted by atomic mass is 9.95. The highest BCUT2D eigenvalue weighted by molar-refractivity contribution is 5.74. The van der Waals surface area contributed by atoms with E-state index in [1.807, 2.05) is 0 Å². The molecule has 6 nitrogen and oxygen atoms in total. The number of hydrogen-bond acceptors (Lipinski definition) is 6. The number of benzene rings is 3. The molecule has 3 aromatic carbocycles. The molecule has 0 bridgehead atoms. The molecule has 0 aromatic heterocycles. The van der Waals surface area contributed by atoms with Crippen molar-refractivity contribution in [2.24, 2.45) is 0 Å². The Hall–Kier alpha value is -2.58. The first-order valence-corrected chi connectivity index (χ1v) is 16.7. The largest absolute Gasteiger partial charge is 0.317 e. The van der Waals surface area contributed by atoms with E-state index in [1.165, 1.54) is 51.8 Å². The highest BCUT2D eigenvalue weighted by atomic mass is 14.9. The average Bonchev–Trinajstić information content (AvgIpc) is 3.03. The van der Waals surface area contributed by atoms with Crippen LogP contribution in [0.15, 0.2) is 66.7 Å². The minimum atomic E-state index is 0.897. The van der Waals surface area contributed by atoms with Crippen LogP contribution in [0.2, 0.25) is 0 Å². The maximum atomic E-state index is 3.62. The van der Waals surface area contributed by atoms with Gasteiger partial charge in [-0.15, -0.1) is 0 Å². The SMILES string of the molecule is CCNCCCNCCCNCc1cccc(-c2cc(C)cc(-c3cccc(CNCCCNCCCNCC)c3)c2)c1. The van der Waals surface area contributed by atoms with Gasteiger partial charge in [0.05, 0.1) is 0 Å². The second-order valence-corrected chi connectivity index (χ2v) is 11.5. The van der Waals surface area contributed by atoms with Crippen LogP contribution in [-0.2, 0) is 13.1 Å². The summed E-state index contributed by atoms with van der Waals surface area (Å²) in [5.41, 5.74) is 9.06. The lowest BCUT2D eigenvalue weighted by molar-refractivity contribution is 0.570. The van der Waals surface area contributed by atoms with Gasteiger partial charge in [0, 0.05) is 13.1 Å². The third kappa shape index (κ3) is 14.6. The molecule has 0 fully saturated rings. The molecule has 0 heterocycles. The van der Waals surface area contributed by atoms with Crippen LogP contribution in [0.1, 0.15) is 56.2 Å². The van der Waals surface area contributed by atoms with Crippen molar-refractivity contribution in [1.29, 1.82) is 0 Å². The molecule has 0 atom stereocenters. The highest BCUT2D eigenvalue weighted by Crippen LogP contribution is 2.29. The van der Waals surface area contributed by atoms with E-state index in [0.717, 1.165) is 91.4 Å². The summed E-state index contributed by atoms with van der Waals surface area (Å²) in [5, 5.41) is 21.1. The van der Waals surface area contributed by atoms with Crippen LogP contribution in [0.4, 0.5) is 0 Å². The molecular weight excluding hydrogens is 528 g/mol. The number of rotatable bonds is 24. The molecule has 0 radical (unpaired) electrons. The monoisotopic (exact) mass is 586 g/mol. The van der Waals surface area contributed by atoms with E-state index >= 15 is 0 Å². The molecule has 3 rings (SSSR count). The van der Waals surface area contributed by atoms with Crippen molar-refractivity contribution >= 4 is 0 Å². The molecule has 0 unspecified atom stereocenters. The summed E-state index contributed by atoms with van der Waals surface area (Å²) in [7, 11) is 0. The van der Waals surface area contributed by atoms with Crippen LogP contribution in [0, 0.1) is 6.92 Å². The summed E-state index contributed by atoms with van der Waals surface area (Å²) in [5.74, 6) is 0. The van der Waals surface area contributed by atoms with Gasteiger partial charge in [-0.05, 0) is 155 Å². The molecule has 6 N–H and O–H groups in total. The first kappa shape index (κ1) is 34.9. The summed E-state index contributed by atoms with van der Waals surface area (Å²) in [6, 6.07) is 24.9. The quantitative estimate of drug-likeness (QED) is 0.0783. The first-order chi connectivity index (χ1) is 21.2. The Morgan fingerprint density at radius 2 is 0.814 bits per heavy atom. The summed E-state index contributed by atoms with van der Waals surface area (Å²) >= 11 is 0. The van der Waals surface area contributed by atoms with Crippen LogP contribution >= 0.6 is 0 Å². The Morgan fingerprint density at radius 3 is 1.23 bits per heavy atom. The molecule has 236 valence electrons. The second-order valence-electron chi connectivity index (χ2n) is 11.5. The predicted octanol–water partition coefficient (Wildman–Crippen LogP) is 5.47. The van der Waals surface area contributed by atoms with Gasteiger partial charge in [-0.1, -0.05) is 62.4 Å². The predicted molar refractivity (Wildman–Crippen MR) is 187 cm³/mol. The zero-order valence-corrected chi connectivity index (χ0v) is 27.2. The number of nitrogens with one attached hydrogen (secondary N) is 6. The van der Waals surface area contributed by atoms with Gasteiger partial charge in [0.25, 0.3) is 0 Å². The Morgan fingerprint density at radius 1 is 0.419 bits per heavy atom. The normalized spacial score (nSPS) is 11.3. The van der Waals surface area contributed by atoms with Gasteiger partial charge in [0.15, 0.2) is 0 Å². The van der Waals surface area contributed by atoms with Crippen molar-refractivity contribution in [1.82, 2.24) is 31.9 Å². The van der Waals surface area contributed by atoms with Gasteiger partial charge in [-0.3, -0.25) is 0 Å².